The van der Waals surface area contributed by atoms with E-state index in [1.165, 1.54) is 6.07 Å². The summed E-state index contributed by atoms with van der Waals surface area (Å²) in [5.41, 5.74) is 1.83. The first-order chi connectivity index (χ1) is 12.6. The van der Waals surface area contributed by atoms with Crippen molar-refractivity contribution in [1.82, 2.24) is 4.90 Å². The number of halogens is 1. The standard InChI is InChI=1S/C21H23FN2O2/c22-18-6-4-5-17(11-18)12-23-10-9-21(14-23)15-24(20(25)13-26-16-21)19-7-2-1-3-8-19/h1-8,11H,9-10,12-16H2. The van der Waals surface area contributed by atoms with Gasteiger partial charge in [-0.05, 0) is 42.8 Å². The summed E-state index contributed by atoms with van der Waals surface area (Å²) in [7, 11) is 0. The third-order valence-corrected chi connectivity index (χ3v) is 5.31. The van der Waals surface area contributed by atoms with Crippen LogP contribution in [0, 0.1) is 11.2 Å². The molecule has 0 saturated carbocycles. The van der Waals surface area contributed by atoms with Crippen LogP contribution in [0.4, 0.5) is 10.1 Å². The number of rotatable bonds is 3. The first-order valence-electron chi connectivity index (χ1n) is 9.04. The number of ether oxygens (including phenoxy) is 1. The summed E-state index contributed by atoms with van der Waals surface area (Å²) in [6.45, 7) is 3.87. The van der Waals surface area contributed by atoms with Gasteiger partial charge in [-0.2, -0.15) is 0 Å². The minimum atomic E-state index is -0.199. The van der Waals surface area contributed by atoms with Crippen LogP contribution in [-0.4, -0.2) is 43.7 Å². The third kappa shape index (κ3) is 3.64. The highest BCUT2D eigenvalue weighted by atomic mass is 19.1. The van der Waals surface area contributed by atoms with Gasteiger partial charge in [-0.3, -0.25) is 9.69 Å². The lowest BCUT2D eigenvalue weighted by atomic mass is 9.87. The molecule has 1 unspecified atom stereocenters. The van der Waals surface area contributed by atoms with E-state index in [2.05, 4.69) is 4.90 Å². The maximum Gasteiger partial charge on any atom is 0.252 e. The highest BCUT2D eigenvalue weighted by Gasteiger charge is 2.43. The normalized spacial score (nSPS) is 24.2. The molecule has 0 N–H and O–H groups in total. The Kier molecular flexibility index (Phi) is 4.74. The molecule has 2 fully saturated rings. The molecule has 0 aliphatic carbocycles. The summed E-state index contributed by atoms with van der Waals surface area (Å²) >= 11 is 0. The number of likely N-dealkylation sites (tertiary alicyclic amines) is 1. The Hall–Kier alpha value is -2.24. The summed E-state index contributed by atoms with van der Waals surface area (Å²) in [6.07, 6.45) is 0.971. The lowest BCUT2D eigenvalue weighted by Crippen LogP contribution is -2.42. The Morgan fingerprint density at radius 1 is 1.08 bits per heavy atom. The summed E-state index contributed by atoms with van der Waals surface area (Å²) in [5, 5.41) is 0. The maximum atomic E-state index is 13.4. The number of anilines is 1. The number of hydrogen-bond acceptors (Lipinski definition) is 3. The second-order valence-corrected chi connectivity index (χ2v) is 7.40. The van der Waals surface area contributed by atoms with Gasteiger partial charge < -0.3 is 9.64 Å². The third-order valence-electron chi connectivity index (χ3n) is 5.31. The van der Waals surface area contributed by atoms with Crippen LogP contribution in [0.25, 0.3) is 0 Å². The molecule has 4 rings (SSSR count). The van der Waals surface area contributed by atoms with Crippen LogP contribution in [0.1, 0.15) is 12.0 Å². The Balaban J connectivity index is 1.50. The molecule has 5 heteroatoms. The fourth-order valence-electron chi connectivity index (χ4n) is 4.05. The van der Waals surface area contributed by atoms with Crippen LogP contribution >= 0.6 is 0 Å². The zero-order chi connectivity index (χ0) is 18.0. The molecule has 2 aliphatic heterocycles. The van der Waals surface area contributed by atoms with Crippen molar-refractivity contribution in [2.24, 2.45) is 5.41 Å². The van der Waals surface area contributed by atoms with Gasteiger partial charge in [0.05, 0.1) is 6.61 Å². The van der Waals surface area contributed by atoms with Crippen molar-refractivity contribution in [3.63, 3.8) is 0 Å². The molecule has 2 saturated heterocycles. The van der Waals surface area contributed by atoms with Crippen LogP contribution in [-0.2, 0) is 16.1 Å². The van der Waals surface area contributed by atoms with Crippen molar-refractivity contribution in [2.45, 2.75) is 13.0 Å². The molecular formula is C21H23FN2O2. The molecule has 1 atom stereocenters. The smallest absolute Gasteiger partial charge is 0.252 e. The van der Waals surface area contributed by atoms with Gasteiger partial charge in [-0.1, -0.05) is 30.3 Å². The lowest BCUT2D eigenvalue weighted by molar-refractivity contribution is -0.122. The largest absolute Gasteiger partial charge is 0.371 e. The van der Waals surface area contributed by atoms with Crippen LogP contribution in [0.5, 0.6) is 0 Å². The summed E-state index contributed by atoms with van der Waals surface area (Å²) in [4.78, 5) is 16.7. The van der Waals surface area contributed by atoms with Gasteiger partial charge >= 0.3 is 0 Å². The Morgan fingerprint density at radius 3 is 2.73 bits per heavy atom. The first kappa shape index (κ1) is 17.2. The van der Waals surface area contributed by atoms with Crippen molar-refractivity contribution in [1.29, 1.82) is 0 Å². The molecule has 0 aromatic heterocycles. The van der Waals surface area contributed by atoms with E-state index in [-0.39, 0.29) is 23.7 Å². The highest BCUT2D eigenvalue weighted by Crippen LogP contribution is 2.35. The van der Waals surface area contributed by atoms with Gasteiger partial charge in [0.2, 0.25) is 0 Å². The molecule has 0 radical (unpaired) electrons. The van der Waals surface area contributed by atoms with Gasteiger partial charge in [0.1, 0.15) is 12.4 Å². The SMILES string of the molecule is O=C1COCC2(CCN(Cc3cccc(F)c3)C2)CN1c1ccccc1. The fourth-order valence-corrected chi connectivity index (χ4v) is 4.05. The molecule has 1 amide bonds. The Morgan fingerprint density at radius 2 is 1.92 bits per heavy atom. The van der Waals surface area contributed by atoms with Crippen molar-refractivity contribution >= 4 is 11.6 Å². The molecule has 1 spiro atoms. The topological polar surface area (TPSA) is 32.8 Å². The van der Waals surface area contributed by atoms with E-state index in [4.69, 9.17) is 4.74 Å². The molecule has 4 nitrogen and oxygen atoms in total. The van der Waals surface area contributed by atoms with Gasteiger partial charge in [-0.15, -0.1) is 0 Å². The van der Waals surface area contributed by atoms with E-state index < -0.39 is 0 Å². The molecular weight excluding hydrogens is 331 g/mol. The molecule has 2 heterocycles. The zero-order valence-electron chi connectivity index (χ0n) is 14.7. The number of carbonyl (C=O) groups excluding carboxylic acids is 1. The summed E-state index contributed by atoms with van der Waals surface area (Å²) in [6, 6.07) is 16.6. The second kappa shape index (κ2) is 7.17. The average molecular weight is 354 g/mol. The fraction of sp³-hybridized carbons (Fsp3) is 0.381. The van der Waals surface area contributed by atoms with Crippen molar-refractivity contribution in [2.75, 3.05) is 37.7 Å². The van der Waals surface area contributed by atoms with Gasteiger partial charge in [0.25, 0.3) is 5.91 Å². The maximum absolute atomic E-state index is 13.4. The molecule has 2 aromatic carbocycles. The van der Waals surface area contributed by atoms with Crippen LogP contribution in [0.2, 0.25) is 0 Å². The van der Waals surface area contributed by atoms with E-state index >= 15 is 0 Å². The number of hydrogen-bond donors (Lipinski definition) is 0. The Labute approximate surface area is 153 Å². The zero-order valence-corrected chi connectivity index (χ0v) is 14.7. The lowest BCUT2D eigenvalue weighted by Gasteiger charge is -2.32. The van der Waals surface area contributed by atoms with Crippen molar-refractivity contribution in [3.05, 3.63) is 66.0 Å². The molecule has 2 aromatic rings. The average Bonchev–Trinajstić information content (AvgIpc) is 2.95. The monoisotopic (exact) mass is 354 g/mol. The Bertz CT molecular complexity index is 783. The number of nitrogens with zero attached hydrogens (tertiary/aromatic N) is 2. The summed E-state index contributed by atoms with van der Waals surface area (Å²) in [5.74, 6) is -0.188. The molecule has 2 aliphatic rings. The van der Waals surface area contributed by atoms with Crippen LogP contribution in [0.15, 0.2) is 54.6 Å². The first-order valence-corrected chi connectivity index (χ1v) is 9.04. The van der Waals surface area contributed by atoms with Crippen molar-refractivity contribution < 1.29 is 13.9 Å². The predicted octanol–water partition coefficient (Wildman–Crippen LogP) is 3.08. The predicted molar refractivity (Wildman–Crippen MR) is 98.3 cm³/mol. The van der Waals surface area contributed by atoms with Crippen LogP contribution < -0.4 is 4.90 Å². The molecule has 0 bridgehead atoms. The van der Waals surface area contributed by atoms with Gasteiger partial charge in [0, 0.05) is 30.7 Å². The quantitative estimate of drug-likeness (QED) is 0.849. The second-order valence-electron chi connectivity index (χ2n) is 7.40. The summed E-state index contributed by atoms with van der Waals surface area (Å²) < 4.78 is 19.2. The van der Waals surface area contributed by atoms with E-state index in [0.29, 0.717) is 13.2 Å². The highest BCUT2D eigenvalue weighted by molar-refractivity contribution is 5.94. The number of amides is 1. The van der Waals surface area contributed by atoms with Gasteiger partial charge in [0.15, 0.2) is 0 Å². The van der Waals surface area contributed by atoms with E-state index in [9.17, 15) is 9.18 Å². The number of benzene rings is 2. The van der Waals surface area contributed by atoms with Crippen LogP contribution in [0.3, 0.4) is 0 Å². The van der Waals surface area contributed by atoms with Gasteiger partial charge in [-0.25, -0.2) is 4.39 Å². The van der Waals surface area contributed by atoms with E-state index in [1.54, 1.807) is 12.1 Å². The minimum Gasteiger partial charge on any atom is -0.371 e. The molecule has 136 valence electrons. The number of carbonyl (C=O) groups is 1. The van der Waals surface area contributed by atoms with E-state index in [1.807, 2.05) is 41.3 Å². The minimum absolute atomic E-state index is 0.0108. The van der Waals surface area contributed by atoms with E-state index in [0.717, 1.165) is 37.3 Å². The van der Waals surface area contributed by atoms with Crippen molar-refractivity contribution in [3.8, 4) is 0 Å². The number of para-hydroxylation sites is 1. The molecule has 26 heavy (non-hydrogen) atoms.